The maximum atomic E-state index is 11.4. The summed E-state index contributed by atoms with van der Waals surface area (Å²) in [6.45, 7) is 9.19. The smallest absolute Gasteiger partial charge is 0.248 e. The van der Waals surface area contributed by atoms with Crippen LogP contribution in [0.2, 0.25) is 0 Å². The number of nitrogens with zero attached hydrogens (tertiary/aromatic N) is 2. The van der Waals surface area contributed by atoms with Gasteiger partial charge in [-0.2, -0.15) is 0 Å². The van der Waals surface area contributed by atoms with Crippen molar-refractivity contribution in [1.29, 1.82) is 0 Å². The summed E-state index contributed by atoms with van der Waals surface area (Å²) in [6.07, 6.45) is 3.85. The molecule has 4 rings (SSSR count). The molecule has 4 nitrogen and oxygen atoms in total. The number of fused-ring (bicyclic) bond motifs is 1. The fourth-order valence-electron chi connectivity index (χ4n) is 4.40. The summed E-state index contributed by atoms with van der Waals surface area (Å²) >= 11 is 0. The molecule has 2 aromatic rings. The van der Waals surface area contributed by atoms with Crippen LogP contribution in [0.25, 0.3) is 11.1 Å². The molecule has 0 spiro atoms. The Labute approximate surface area is 162 Å². The molecule has 2 aliphatic rings. The molecule has 0 aliphatic carbocycles. The van der Waals surface area contributed by atoms with Crippen molar-refractivity contribution in [2.24, 2.45) is 5.73 Å². The van der Waals surface area contributed by atoms with Crippen LogP contribution in [0.4, 0.5) is 0 Å². The molecule has 1 amide bonds. The zero-order valence-electron chi connectivity index (χ0n) is 16.2. The number of carbonyl (C=O) groups excluding carboxylic acids is 1. The molecule has 2 N–H and O–H groups in total. The average Bonchev–Trinajstić information content (AvgIpc) is 3.19. The van der Waals surface area contributed by atoms with Gasteiger partial charge in [-0.1, -0.05) is 24.3 Å². The number of rotatable bonds is 5. The lowest BCUT2D eigenvalue weighted by atomic mass is 9.92. The standard InChI is InChI=1S/C23H29N3O/c1-17-14-20(23(24)27)6-7-22(17)19-4-5-21-16-26(11-8-18(21)15-19)13-12-25-9-2-3-10-25/h4-7,14-15H,2-3,8-13,16H2,1H3,(H2,24,27). The number of nitrogens with two attached hydrogens (primary N) is 1. The normalized spacial score (nSPS) is 17.8. The number of hydrogen-bond donors (Lipinski definition) is 1. The number of benzene rings is 2. The van der Waals surface area contributed by atoms with Crippen molar-refractivity contribution in [3.63, 3.8) is 0 Å². The number of amides is 1. The van der Waals surface area contributed by atoms with E-state index in [1.807, 2.05) is 25.1 Å². The van der Waals surface area contributed by atoms with E-state index >= 15 is 0 Å². The average molecular weight is 364 g/mol. The second-order valence-electron chi connectivity index (χ2n) is 7.95. The minimum absolute atomic E-state index is 0.371. The third-order valence-corrected chi connectivity index (χ3v) is 6.05. The van der Waals surface area contributed by atoms with Crippen molar-refractivity contribution in [2.45, 2.75) is 32.7 Å². The van der Waals surface area contributed by atoms with E-state index in [1.165, 1.54) is 61.3 Å². The minimum Gasteiger partial charge on any atom is -0.366 e. The predicted molar refractivity (Wildman–Crippen MR) is 110 cm³/mol. The summed E-state index contributed by atoms with van der Waals surface area (Å²) in [5.41, 5.74) is 12.4. The van der Waals surface area contributed by atoms with Crippen LogP contribution in [-0.2, 0) is 13.0 Å². The quantitative estimate of drug-likeness (QED) is 0.887. The molecule has 0 radical (unpaired) electrons. The minimum atomic E-state index is -0.371. The molecular weight excluding hydrogens is 334 g/mol. The molecule has 4 heteroatoms. The van der Waals surface area contributed by atoms with Crippen molar-refractivity contribution >= 4 is 5.91 Å². The van der Waals surface area contributed by atoms with Gasteiger partial charge in [0.05, 0.1) is 0 Å². The van der Waals surface area contributed by atoms with Gasteiger partial charge in [-0.25, -0.2) is 0 Å². The Morgan fingerprint density at radius 1 is 0.963 bits per heavy atom. The van der Waals surface area contributed by atoms with E-state index in [0.29, 0.717) is 5.56 Å². The highest BCUT2D eigenvalue weighted by atomic mass is 16.1. The van der Waals surface area contributed by atoms with Gasteiger partial charge < -0.3 is 10.6 Å². The van der Waals surface area contributed by atoms with E-state index in [0.717, 1.165) is 25.1 Å². The second-order valence-corrected chi connectivity index (χ2v) is 7.95. The molecule has 142 valence electrons. The maximum Gasteiger partial charge on any atom is 0.248 e. The third kappa shape index (κ3) is 4.07. The lowest BCUT2D eigenvalue weighted by Crippen LogP contribution is -2.37. The highest BCUT2D eigenvalue weighted by Gasteiger charge is 2.19. The van der Waals surface area contributed by atoms with E-state index < -0.39 is 0 Å². The van der Waals surface area contributed by atoms with Gasteiger partial charge in [0.2, 0.25) is 5.91 Å². The summed E-state index contributed by atoms with van der Waals surface area (Å²) in [7, 11) is 0. The van der Waals surface area contributed by atoms with E-state index in [9.17, 15) is 4.79 Å². The van der Waals surface area contributed by atoms with E-state index in [-0.39, 0.29) is 5.91 Å². The van der Waals surface area contributed by atoms with Crippen LogP contribution in [0.3, 0.4) is 0 Å². The van der Waals surface area contributed by atoms with Crippen LogP contribution in [-0.4, -0.2) is 48.4 Å². The van der Waals surface area contributed by atoms with Crippen molar-refractivity contribution in [3.05, 3.63) is 58.7 Å². The highest BCUT2D eigenvalue weighted by molar-refractivity contribution is 5.93. The molecule has 27 heavy (non-hydrogen) atoms. The Hall–Kier alpha value is -2.17. The lowest BCUT2D eigenvalue weighted by Gasteiger charge is -2.30. The van der Waals surface area contributed by atoms with Gasteiger partial charge in [0.1, 0.15) is 0 Å². The Balaban J connectivity index is 1.46. The first-order chi connectivity index (χ1) is 13.1. The lowest BCUT2D eigenvalue weighted by molar-refractivity contribution is 0.1000. The van der Waals surface area contributed by atoms with Crippen LogP contribution in [0.15, 0.2) is 36.4 Å². The highest BCUT2D eigenvalue weighted by Crippen LogP contribution is 2.29. The van der Waals surface area contributed by atoms with Crippen molar-refractivity contribution in [2.75, 3.05) is 32.7 Å². The largest absolute Gasteiger partial charge is 0.366 e. The van der Waals surface area contributed by atoms with Gasteiger partial charge >= 0.3 is 0 Å². The first-order valence-electron chi connectivity index (χ1n) is 10.1. The van der Waals surface area contributed by atoms with Crippen molar-refractivity contribution in [3.8, 4) is 11.1 Å². The summed E-state index contributed by atoms with van der Waals surface area (Å²) in [4.78, 5) is 16.6. The Morgan fingerprint density at radius 3 is 2.48 bits per heavy atom. The van der Waals surface area contributed by atoms with Crippen LogP contribution in [0.1, 0.15) is 39.9 Å². The zero-order chi connectivity index (χ0) is 18.8. The molecule has 0 unspecified atom stereocenters. The zero-order valence-corrected chi connectivity index (χ0v) is 16.2. The van der Waals surface area contributed by atoms with Gasteiger partial charge in [0, 0.05) is 31.7 Å². The molecular formula is C23H29N3O. The number of likely N-dealkylation sites (tertiary alicyclic amines) is 1. The molecule has 0 atom stereocenters. The Kier molecular flexibility index (Phi) is 5.28. The van der Waals surface area contributed by atoms with Crippen molar-refractivity contribution in [1.82, 2.24) is 9.80 Å². The van der Waals surface area contributed by atoms with Gasteiger partial charge in [-0.15, -0.1) is 0 Å². The van der Waals surface area contributed by atoms with Crippen LogP contribution >= 0.6 is 0 Å². The van der Waals surface area contributed by atoms with Gasteiger partial charge in [-0.3, -0.25) is 9.69 Å². The number of hydrogen-bond acceptors (Lipinski definition) is 3. The van der Waals surface area contributed by atoms with E-state index in [4.69, 9.17) is 5.73 Å². The fourth-order valence-corrected chi connectivity index (χ4v) is 4.40. The Bertz CT molecular complexity index is 840. The SMILES string of the molecule is Cc1cc(C(N)=O)ccc1-c1ccc2c(c1)CCN(CCN1CCCC1)C2. The molecule has 1 fully saturated rings. The third-order valence-electron chi connectivity index (χ3n) is 6.05. The van der Waals surface area contributed by atoms with Gasteiger partial charge in [-0.05, 0) is 79.2 Å². The summed E-state index contributed by atoms with van der Waals surface area (Å²) in [5, 5.41) is 0. The molecule has 2 heterocycles. The molecule has 0 aromatic heterocycles. The van der Waals surface area contributed by atoms with Gasteiger partial charge in [0.15, 0.2) is 0 Å². The predicted octanol–water partition coefficient (Wildman–Crippen LogP) is 3.21. The molecule has 2 aliphatic heterocycles. The van der Waals surface area contributed by atoms with Crippen molar-refractivity contribution < 1.29 is 4.79 Å². The molecule has 1 saturated heterocycles. The number of aryl methyl sites for hydroxylation is 1. The number of carbonyl (C=O) groups is 1. The molecule has 0 saturated carbocycles. The van der Waals surface area contributed by atoms with E-state index in [2.05, 4.69) is 28.0 Å². The fraction of sp³-hybridized carbons (Fsp3) is 0.435. The van der Waals surface area contributed by atoms with Crippen LogP contribution < -0.4 is 5.73 Å². The van der Waals surface area contributed by atoms with E-state index in [1.54, 1.807) is 0 Å². The Morgan fingerprint density at radius 2 is 1.74 bits per heavy atom. The van der Waals surface area contributed by atoms with Gasteiger partial charge in [0.25, 0.3) is 0 Å². The van der Waals surface area contributed by atoms with Crippen LogP contribution in [0, 0.1) is 6.92 Å². The molecule has 2 aromatic carbocycles. The topological polar surface area (TPSA) is 49.6 Å². The summed E-state index contributed by atoms with van der Waals surface area (Å²) < 4.78 is 0. The first kappa shape index (κ1) is 18.2. The maximum absolute atomic E-state index is 11.4. The monoisotopic (exact) mass is 363 g/mol. The summed E-state index contributed by atoms with van der Waals surface area (Å²) in [6, 6.07) is 12.6. The molecule has 0 bridgehead atoms. The van der Waals surface area contributed by atoms with Crippen LogP contribution in [0.5, 0.6) is 0 Å². The first-order valence-corrected chi connectivity index (χ1v) is 10.1. The number of primary amides is 1. The second kappa shape index (κ2) is 7.83. The summed E-state index contributed by atoms with van der Waals surface area (Å²) in [5.74, 6) is -0.371.